The third-order valence-electron chi connectivity index (χ3n) is 5.56. The van der Waals surface area contributed by atoms with E-state index in [1.165, 1.54) is 17.1 Å². The summed E-state index contributed by atoms with van der Waals surface area (Å²) in [4.78, 5) is 24.4. The maximum atomic E-state index is 13.2. The van der Waals surface area contributed by atoms with Gasteiger partial charge in [-0.2, -0.15) is 5.10 Å². The summed E-state index contributed by atoms with van der Waals surface area (Å²) in [6.45, 7) is 0. The number of anilines is 1. The van der Waals surface area contributed by atoms with Crippen molar-refractivity contribution in [2.45, 2.75) is 12.8 Å². The van der Waals surface area contributed by atoms with E-state index in [2.05, 4.69) is 6.08 Å². The molecular weight excluding hydrogens is 384 g/mol. The molecule has 1 N–H and O–H groups in total. The summed E-state index contributed by atoms with van der Waals surface area (Å²) in [6.07, 6.45) is 5.49. The normalized spacial score (nSPS) is 20.4. The van der Waals surface area contributed by atoms with E-state index >= 15 is 0 Å². The summed E-state index contributed by atoms with van der Waals surface area (Å²) in [5, 5.41) is 15.2. The summed E-state index contributed by atoms with van der Waals surface area (Å²) in [5.41, 5.74) is 2.35. The van der Waals surface area contributed by atoms with E-state index in [0.29, 0.717) is 23.6 Å². The van der Waals surface area contributed by atoms with Crippen molar-refractivity contribution in [1.29, 1.82) is 0 Å². The average Bonchev–Trinajstić information content (AvgIpc) is 2.79. The van der Waals surface area contributed by atoms with Gasteiger partial charge in [-0.15, -0.1) is 0 Å². The second-order valence-corrected chi connectivity index (χ2v) is 7.21. The molecule has 30 heavy (non-hydrogen) atoms. The Labute approximate surface area is 174 Å². The van der Waals surface area contributed by atoms with Crippen LogP contribution in [0.15, 0.2) is 59.7 Å². The Hall–Kier alpha value is -3.61. The van der Waals surface area contributed by atoms with Crippen LogP contribution in [0.25, 0.3) is 0 Å². The van der Waals surface area contributed by atoms with Gasteiger partial charge in [-0.1, -0.05) is 12.2 Å². The Balaban J connectivity index is 1.80. The number of hydrogen-bond acceptors (Lipinski definition) is 5. The van der Waals surface area contributed by atoms with Crippen molar-refractivity contribution in [2.75, 3.05) is 19.2 Å². The highest BCUT2D eigenvalue weighted by Crippen LogP contribution is 2.38. The number of benzene rings is 2. The minimum absolute atomic E-state index is 0.0323. The zero-order valence-electron chi connectivity index (χ0n) is 16.7. The Morgan fingerprint density at radius 3 is 2.30 bits per heavy atom. The summed E-state index contributed by atoms with van der Waals surface area (Å²) < 4.78 is 10.8. The molecule has 7 heteroatoms. The van der Waals surface area contributed by atoms with Gasteiger partial charge in [0, 0.05) is 11.5 Å². The van der Waals surface area contributed by atoms with Crippen LogP contribution < -0.4 is 14.5 Å². The fourth-order valence-corrected chi connectivity index (χ4v) is 3.98. The van der Waals surface area contributed by atoms with Crippen LogP contribution in [0.1, 0.15) is 28.8 Å². The number of fused-ring (bicyclic) bond motifs is 1. The predicted octanol–water partition coefficient (Wildman–Crippen LogP) is 3.74. The molecule has 154 valence electrons. The van der Waals surface area contributed by atoms with Gasteiger partial charge in [0.15, 0.2) is 11.5 Å². The van der Waals surface area contributed by atoms with Crippen molar-refractivity contribution in [2.24, 2.45) is 16.9 Å². The minimum Gasteiger partial charge on any atom is -0.493 e. The summed E-state index contributed by atoms with van der Waals surface area (Å²) in [7, 11) is 3.16. The lowest BCUT2D eigenvalue weighted by atomic mass is 9.76. The van der Waals surface area contributed by atoms with E-state index in [1.807, 2.05) is 24.3 Å². The van der Waals surface area contributed by atoms with Crippen molar-refractivity contribution >= 4 is 23.3 Å². The molecule has 0 saturated heterocycles. The lowest BCUT2D eigenvalue weighted by molar-refractivity contribution is -0.123. The van der Waals surface area contributed by atoms with Crippen molar-refractivity contribution in [3.8, 4) is 11.5 Å². The van der Waals surface area contributed by atoms with Gasteiger partial charge in [0.25, 0.3) is 5.91 Å². The van der Waals surface area contributed by atoms with E-state index in [-0.39, 0.29) is 23.3 Å². The molecule has 1 amide bonds. The largest absolute Gasteiger partial charge is 0.493 e. The van der Waals surface area contributed by atoms with Crippen LogP contribution >= 0.6 is 0 Å². The highest BCUT2D eigenvalue weighted by atomic mass is 16.5. The number of carboxylic acids is 1. The number of methoxy groups -OCH3 is 2. The van der Waals surface area contributed by atoms with Crippen LogP contribution in [0.2, 0.25) is 0 Å². The van der Waals surface area contributed by atoms with E-state index < -0.39 is 5.97 Å². The number of rotatable bonds is 5. The van der Waals surface area contributed by atoms with E-state index in [1.54, 1.807) is 26.4 Å². The molecule has 1 heterocycles. The van der Waals surface area contributed by atoms with Gasteiger partial charge in [0.1, 0.15) is 0 Å². The molecule has 2 aliphatic rings. The molecular formula is C23H22N2O5. The number of ether oxygens (including phenoxy) is 2. The topological polar surface area (TPSA) is 88.4 Å². The van der Waals surface area contributed by atoms with Crippen molar-refractivity contribution in [1.82, 2.24) is 0 Å². The average molecular weight is 406 g/mol. The molecule has 4 rings (SSSR count). The van der Waals surface area contributed by atoms with Crippen molar-refractivity contribution < 1.29 is 24.2 Å². The molecule has 1 aliphatic heterocycles. The number of hydrogen-bond donors (Lipinski definition) is 1. The summed E-state index contributed by atoms with van der Waals surface area (Å²) in [5.74, 6) is -0.148. The Kier molecular flexibility index (Phi) is 5.27. The zero-order chi connectivity index (χ0) is 21.3. The molecule has 0 saturated carbocycles. The lowest BCUT2D eigenvalue weighted by Gasteiger charge is -2.37. The number of aromatic carboxylic acids is 1. The SMILES string of the molecule is COc1ccc(C2=NN(c3ccc(C(=O)O)cc3)C(=O)[C@H]3CC=CC[C@@H]23)cc1OC. The summed E-state index contributed by atoms with van der Waals surface area (Å²) in [6, 6.07) is 11.8. The Bertz CT molecular complexity index is 1040. The molecule has 0 radical (unpaired) electrons. The molecule has 7 nitrogen and oxygen atoms in total. The second-order valence-electron chi connectivity index (χ2n) is 7.21. The Morgan fingerprint density at radius 1 is 1.00 bits per heavy atom. The Morgan fingerprint density at radius 2 is 1.67 bits per heavy atom. The van der Waals surface area contributed by atoms with Gasteiger partial charge in [-0.05, 0) is 55.3 Å². The van der Waals surface area contributed by atoms with E-state index in [0.717, 1.165) is 17.7 Å². The summed E-state index contributed by atoms with van der Waals surface area (Å²) >= 11 is 0. The lowest BCUT2D eigenvalue weighted by Crippen LogP contribution is -2.45. The molecule has 0 aromatic heterocycles. The number of carboxylic acid groups (broad SMARTS) is 1. The highest BCUT2D eigenvalue weighted by Gasteiger charge is 2.40. The number of nitrogens with zero attached hydrogens (tertiary/aromatic N) is 2. The zero-order valence-corrected chi connectivity index (χ0v) is 16.7. The minimum atomic E-state index is -1.02. The number of allylic oxidation sites excluding steroid dienone is 2. The first-order valence-electron chi connectivity index (χ1n) is 9.66. The first kappa shape index (κ1) is 19.7. The van der Waals surface area contributed by atoms with Crippen LogP contribution in [0.3, 0.4) is 0 Å². The first-order chi connectivity index (χ1) is 14.5. The third kappa shape index (κ3) is 3.43. The fraction of sp³-hybridized carbons (Fsp3) is 0.261. The first-order valence-corrected chi connectivity index (χ1v) is 9.66. The van der Waals surface area contributed by atoms with Crippen molar-refractivity contribution in [3.05, 3.63) is 65.7 Å². The molecule has 0 spiro atoms. The fourth-order valence-electron chi connectivity index (χ4n) is 3.98. The van der Waals surface area contributed by atoms with Gasteiger partial charge in [0.05, 0.1) is 37.1 Å². The maximum Gasteiger partial charge on any atom is 0.335 e. The van der Waals surface area contributed by atoms with Gasteiger partial charge >= 0.3 is 5.97 Å². The second kappa shape index (κ2) is 8.02. The van der Waals surface area contributed by atoms with Crippen LogP contribution in [-0.4, -0.2) is 36.9 Å². The van der Waals surface area contributed by atoms with Crippen LogP contribution in [0.5, 0.6) is 11.5 Å². The van der Waals surface area contributed by atoms with Gasteiger partial charge in [0.2, 0.25) is 0 Å². The smallest absolute Gasteiger partial charge is 0.335 e. The van der Waals surface area contributed by atoms with Crippen LogP contribution in [0, 0.1) is 11.8 Å². The molecule has 2 aromatic carbocycles. The van der Waals surface area contributed by atoms with Crippen LogP contribution in [-0.2, 0) is 4.79 Å². The standard InChI is InChI=1S/C23H22N2O5/c1-29-19-12-9-15(13-20(19)30-2)21-17-5-3-4-6-18(17)22(26)25(24-21)16-10-7-14(8-11-16)23(27)28/h3-4,7-13,17-18H,5-6H2,1-2H3,(H,27,28)/t17-,18+/m1/s1. The van der Waals surface area contributed by atoms with Gasteiger partial charge < -0.3 is 14.6 Å². The van der Waals surface area contributed by atoms with E-state index in [9.17, 15) is 9.59 Å². The molecule has 1 aliphatic carbocycles. The van der Waals surface area contributed by atoms with Gasteiger partial charge in [-0.25, -0.2) is 9.80 Å². The molecule has 2 aromatic rings. The maximum absolute atomic E-state index is 13.2. The quantitative estimate of drug-likeness (QED) is 0.765. The molecule has 0 bridgehead atoms. The predicted molar refractivity (Wildman–Crippen MR) is 112 cm³/mol. The molecule has 0 unspecified atom stereocenters. The highest BCUT2D eigenvalue weighted by molar-refractivity contribution is 6.11. The number of carbonyl (C=O) groups excluding carboxylic acids is 1. The molecule has 0 fully saturated rings. The van der Waals surface area contributed by atoms with E-state index in [4.69, 9.17) is 19.7 Å². The molecule has 2 atom stereocenters. The van der Waals surface area contributed by atoms with Crippen molar-refractivity contribution in [3.63, 3.8) is 0 Å². The van der Waals surface area contributed by atoms with Crippen LogP contribution in [0.4, 0.5) is 5.69 Å². The third-order valence-corrected chi connectivity index (χ3v) is 5.56. The number of hydrazone groups is 1. The van der Waals surface area contributed by atoms with Gasteiger partial charge in [-0.3, -0.25) is 4.79 Å². The number of amides is 1. The number of carbonyl (C=O) groups is 2. The monoisotopic (exact) mass is 406 g/mol.